The molecule has 0 saturated heterocycles. The molecule has 0 spiro atoms. The fourth-order valence-electron chi connectivity index (χ4n) is 3.22. The van der Waals surface area contributed by atoms with Gasteiger partial charge in [0.25, 0.3) is 0 Å². The maximum atomic E-state index is 12.8. The Balaban J connectivity index is 1.95. The van der Waals surface area contributed by atoms with Crippen LogP contribution in [0.4, 0.5) is 5.69 Å². The summed E-state index contributed by atoms with van der Waals surface area (Å²) in [5.74, 6) is 0.670. The molecule has 2 aromatic carbocycles. The van der Waals surface area contributed by atoms with Crippen molar-refractivity contribution in [3.8, 4) is 22.9 Å². The van der Waals surface area contributed by atoms with Crippen LogP contribution in [-0.2, 0) is 4.74 Å². The lowest BCUT2D eigenvalue weighted by atomic mass is 10.2. The highest BCUT2D eigenvalue weighted by atomic mass is 35.5. The summed E-state index contributed by atoms with van der Waals surface area (Å²) in [6, 6.07) is 16.6. The number of para-hydroxylation sites is 1. The van der Waals surface area contributed by atoms with Crippen LogP contribution in [0.5, 0.6) is 0 Å². The van der Waals surface area contributed by atoms with Gasteiger partial charge in [0.2, 0.25) is 0 Å². The number of nitrogens with zero attached hydrogens (tertiary/aromatic N) is 5. The minimum atomic E-state index is -0.576. The van der Waals surface area contributed by atoms with Gasteiger partial charge in [0.1, 0.15) is 0 Å². The van der Waals surface area contributed by atoms with Crippen LogP contribution in [0.1, 0.15) is 24.3 Å². The molecule has 0 aliphatic heterocycles. The summed E-state index contributed by atoms with van der Waals surface area (Å²) >= 11 is 7.58. The van der Waals surface area contributed by atoms with E-state index in [-0.39, 0.29) is 18.0 Å². The maximum absolute atomic E-state index is 12.8. The average molecular weight is 469 g/mol. The summed E-state index contributed by atoms with van der Waals surface area (Å²) in [6.07, 6.45) is 0. The Morgan fingerprint density at radius 2 is 1.78 bits per heavy atom. The largest absolute Gasteiger partial charge is 0.461 e. The maximum Gasteiger partial charge on any atom is 0.359 e. The highest BCUT2D eigenvalue weighted by Crippen LogP contribution is 2.33. The van der Waals surface area contributed by atoms with Crippen molar-refractivity contribution in [3.63, 3.8) is 0 Å². The van der Waals surface area contributed by atoms with Crippen molar-refractivity contribution in [2.45, 2.75) is 19.0 Å². The van der Waals surface area contributed by atoms with Crippen molar-refractivity contribution in [3.05, 3.63) is 65.3 Å². The van der Waals surface area contributed by atoms with Crippen LogP contribution in [0.2, 0.25) is 5.02 Å². The first-order valence-electron chi connectivity index (χ1n) is 10.0. The molecule has 2 heterocycles. The summed E-state index contributed by atoms with van der Waals surface area (Å²) in [6.45, 7) is 3.98. The molecule has 0 aliphatic carbocycles. The third-order valence-electron chi connectivity index (χ3n) is 4.60. The predicted molar refractivity (Wildman–Crippen MR) is 126 cm³/mol. The van der Waals surface area contributed by atoms with E-state index in [0.717, 1.165) is 11.4 Å². The van der Waals surface area contributed by atoms with Crippen molar-refractivity contribution < 1.29 is 9.53 Å². The van der Waals surface area contributed by atoms with Gasteiger partial charge in [0.05, 0.1) is 18.0 Å². The van der Waals surface area contributed by atoms with Crippen LogP contribution in [0.25, 0.3) is 22.9 Å². The zero-order valence-corrected chi connectivity index (χ0v) is 19.1. The van der Waals surface area contributed by atoms with E-state index < -0.39 is 5.97 Å². The van der Waals surface area contributed by atoms with Crippen LogP contribution in [-0.4, -0.2) is 42.9 Å². The molecule has 4 rings (SSSR count). The zero-order chi connectivity index (χ0) is 22.7. The fourth-order valence-corrected chi connectivity index (χ4v) is 4.02. The van der Waals surface area contributed by atoms with Crippen LogP contribution >= 0.6 is 23.4 Å². The first kappa shape index (κ1) is 21.9. The van der Waals surface area contributed by atoms with Gasteiger partial charge >= 0.3 is 5.97 Å². The molecule has 164 valence electrons. The Kier molecular flexibility index (Phi) is 6.48. The first-order chi connectivity index (χ1) is 15.5. The molecule has 10 heteroatoms. The van der Waals surface area contributed by atoms with E-state index in [0.29, 0.717) is 27.4 Å². The minimum Gasteiger partial charge on any atom is -0.461 e. The van der Waals surface area contributed by atoms with Gasteiger partial charge in [-0.15, -0.1) is 10.2 Å². The number of nitrogens with two attached hydrogens (primary N) is 1. The Hall–Kier alpha value is -3.30. The van der Waals surface area contributed by atoms with E-state index in [9.17, 15) is 4.79 Å². The summed E-state index contributed by atoms with van der Waals surface area (Å²) in [5, 5.41) is 14.6. The zero-order valence-electron chi connectivity index (χ0n) is 17.5. The number of rotatable bonds is 7. The van der Waals surface area contributed by atoms with Crippen LogP contribution in [0.3, 0.4) is 0 Å². The Labute approximate surface area is 194 Å². The smallest absolute Gasteiger partial charge is 0.359 e. The molecule has 0 saturated carbocycles. The monoisotopic (exact) mass is 468 g/mol. The van der Waals surface area contributed by atoms with Gasteiger partial charge in [0.15, 0.2) is 22.4 Å². The van der Waals surface area contributed by atoms with Gasteiger partial charge in [-0.3, -0.25) is 4.57 Å². The van der Waals surface area contributed by atoms with E-state index in [1.54, 1.807) is 43.0 Å². The Morgan fingerprint density at radius 3 is 2.44 bits per heavy atom. The van der Waals surface area contributed by atoms with E-state index in [1.807, 2.05) is 41.8 Å². The molecular weight excluding hydrogens is 448 g/mol. The van der Waals surface area contributed by atoms with Crippen LogP contribution in [0, 0.1) is 0 Å². The molecule has 2 aromatic heterocycles. The third kappa shape index (κ3) is 4.09. The molecular formula is C22H21ClN6O2S. The van der Waals surface area contributed by atoms with Crippen molar-refractivity contribution in [2.24, 2.45) is 0 Å². The van der Waals surface area contributed by atoms with E-state index in [1.165, 1.54) is 4.68 Å². The first-order valence-corrected chi connectivity index (χ1v) is 11.4. The van der Waals surface area contributed by atoms with Gasteiger partial charge in [-0.25, -0.2) is 9.48 Å². The molecule has 0 amide bonds. The topological polar surface area (TPSA) is 101 Å². The number of nitrogen functional groups attached to an aromatic ring is 1. The number of hydrogen-bond acceptors (Lipinski definition) is 7. The highest BCUT2D eigenvalue weighted by Gasteiger charge is 2.28. The number of esters is 1. The summed E-state index contributed by atoms with van der Waals surface area (Å²) < 4.78 is 8.59. The van der Waals surface area contributed by atoms with Gasteiger partial charge in [0, 0.05) is 10.7 Å². The highest BCUT2D eigenvalue weighted by molar-refractivity contribution is 7.99. The predicted octanol–water partition coefficient (Wildman–Crippen LogP) is 4.64. The summed E-state index contributed by atoms with van der Waals surface area (Å²) in [4.78, 5) is 12.8. The summed E-state index contributed by atoms with van der Waals surface area (Å²) in [5.41, 5.74) is 8.56. The normalized spacial score (nSPS) is 11.0. The Bertz CT molecular complexity index is 1240. The third-order valence-corrected chi connectivity index (χ3v) is 5.66. The second kappa shape index (κ2) is 9.46. The average Bonchev–Trinajstić information content (AvgIpc) is 3.36. The van der Waals surface area contributed by atoms with Crippen molar-refractivity contribution in [1.82, 2.24) is 24.5 Å². The minimum absolute atomic E-state index is 0.122. The lowest BCUT2D eigenvalue weighted by Crippen LogP contribution is -2.13. The van der Waals surface area contributed by atoms with Crippen molar-refractivity contribution >= 4 is 35.0 Å². The number of anilines is 1. The lowest BCUT2D eigenvalue weighted by Gasteiger charge is -2.08. The Morgan fingerprint density at radius 1 is 1.06 bits per heavy atom. The molecule has 32 heavy (non-hydrogen) atoms. The number of carbonyl (C=O) groups is 1. The molecule has 0 atom stereocenters. The number of aromatic nitrogens is 5. The number of carbonyl (C=O) groups excluding carboxylic acids is 1. The van der Waals surface area contributed by atoms with Gasteiger partial charge in [-0.2, -0.15) is 5.10 Å². The van der Waals surface area contributed by atoms with Gasteiger partial charge in [-0.05, 0) is 49.1 Å². The molecule has 0 fully saturated rings. The molecule has 0 unspecified atom stereocenters. The number of ether oxygens (including phenoxy) is 1. The van der Waals surface area contributed by atoms with E-state index >= 15 is 0 Å². The van der Waals surface area contributed by atoms with Crippen molar-refractivity contribution in [2.75, 3.05) is 18.1 Å². The standard InChI is InChI=1S/C22H21ClN6O2S/c1-3-31-21(30)19-17(24)18(27-29(19)16-12-10-14(23)11-13-16)20-25-26-22(32-4-2)28(20)15-8-6-5-7-9-15/h5-13H,3-4,24H2,1-2H3. The second-order valence-electron chi connectivity index (χ2n) is 6.63. The second-order valence-corrected chi connectivity index (χ2v) is 8.30. The quantitative estimate of drug-likeness (QED) is 0.311. The van der Waals surface area contributed by atoms with Crippen LogP contribution in [0.15, 0.2) is 59.8 Å². The molecule has 2 N–H and O–H groups in total. The fraction of sp³-hybridized carbons (Fsp3) is 0.182. The summed E-state index contributed by atoms with van der Waals surface area (Å²) in [7, 11) is 0. The molecule has 0 aliphatic rings. The molecule has 4 aromatic rings. The van der Waals surface area contributed by atoms with Crippen molar-refractivity contribution in [1.29, 1.82) is 0 Å². The molecule has 0 bridgehead atoms. The number of hydrogen-bond donors (Lipinski definition) is 1. The SMILES string of the molecule is CCOC(=O)c1c(N)c(-c2nnc(SCC)n2-c2ccccc2)nn1-c1ccc(Cl)cc1. The van der Waals surface area contributed by atoms with E-state index in [2.05, 4.69) is 15.3 Å². The number of halogens is 1. The van der Waals surface area contributed by atoms with Gasteiger partial charge in [-0.1, -0.05) is 48.5 Å². The molecule has 8 nitrogen and oxygen atoms in total. The lowest BCUT2D eigenvalue weighted by molar-refractivity contribution is 0.0517. The van der Waals surface area contributed by atoms with E-state index in [4.69, 9.17) is 22.1 Å². The van der Waals surface area contributed by atoms with Crippen LogP contribution < -0.4 is 5.73 Å². The number of benzene rings is 2. The van der Waals surface area contributed by atoms with Gasteiger partial charge < -0.3 is 10.5 Å². The number of thioether (sulfide) groups is 1. The molecule has 0 radical (unpaired) electrons.